The van der Waals surface area contributed by atoms with E-state index in [1.807, 2.05) is 31.2 Å². The van der Waals surface area contributed by atoms with Crippen molar-refractivity contribution in [3.8, 4) is 5.75 Å². The Hall–Kier alpha value is -1.06. The van der Waals surface area contributed by atoms with Gasteiger partial charge in [-0.25, -0.2) is 0 Å². The van der Waals surface area contributed by atoms with Crippen molar-refractivity contribution >= 4 is 0 Å². The van der Waals surface area contributed by atoms with Crippen molar-refractivity contribution in [2.45, 2.75) is 38.8 Å². The van der Waals surface area contributed by atoms with E-state index in [4.69, 9.17) is 10.5 Å². The molecule has 3 N–H and O–H groups in total. The zero-order valence-electron chi connectivity index (χ0n) is 10.2. The normalized spacial score (nSPS) is 13.6. The molecule has 0 aliphatic carbocycles. The molecule has 0 aliphatic heterocycles. The van der Waals surface area contributed by atoms with E-state index < -0.39 is 5.60 Å². The number of ether oxygens (including phenoxy) is 1. The van der Waals surface area contributed by atoms with E-state index in [9.17, 15) is 5.11 Å². The lowest BCUT2D eigenvalue weighted by Gasteiger charge is -2.19. The molecule has 0 radical (unpaired) electrons. The van der Waals surface area contributed by atoms with Crippen LogP contribution in [0.3, 0.4) is 0 Å². The van der Waals surface area contributed by atoms with Crippen LogP contribution >= 0.6 is 0 Å². The molecule has 1 aromatic carbocycles. The van der Waals surface area contributed by atoms with E-state index in [0.717, 1.165) is 11.3 Å². The van der Waals surface area contributed by atoms with Gasteiger partial charge in [0, 0.05) is 18.0 Å². The molecule has 1 atom stereocenters. The number of rotatable bonds is 5. The first-order chi connectivity index (χ1) is 7.40. The molecular weight excluding hydrogens is 202 g/mol. The van der Waals surface area contributed by atoms with E-state index in [-0.39, 0.29) is 6.04 Å². The summed E-state index contributed by atoms with van der Waals surface area (Å²) in [5.41, 5.74) is 6.15. The van der Waals surface area contributed by atoms with Gasteiger partial charge in [-0.3, -0.25) is 0 Å². The van der Waals surface area contributed by atoms with Gasteiger partial charge in [-0.2, -0.15) is 0 Å². The minimum Gasteiger partial charge on any atom is -0.493 e. The molecule has 90 valence electrons. The van der Waals surface area contributed by atoms with Gasteiger partial charge in [0.25, 0.3) is 0 Å². The minimum atomic E-state index is -0.691. The van der Waals surface area contributed by atoms with Crippen molar-refractivity contribution in [1.29, 1.82) is 0 Å². The summed E-state index contributed by atoms with van der Waals surface area (Å²) in [6.45, 7) is 5.97. The summed E-state index contributed by atoms with van der Waals surface area (Å²) >= 11 is 0. The maximum Gasteiger partial charge on any atom is 0.124 e. The Bertz CT molecular complexity index is 329. The fraction of sp³-hybridized carbons (Fsp3) is 0.538. The highest BCUT2D eigenvalue weighted by molar-refractivity contribution is 5.35. The molecule has 3 nitrogen and oxygen atoms in total. The van der Waals surface area contributed by atoms with E-state index in [1.54, 1.807) is 13.8 Å². The average Bonchev–Trinajstić information content (AvgIpc) is 2.16. The van der Waals surface area contributed by atoms with Crippen LogP contribution < -0.4 is 10.5 Å². The maximum atomic E-state index is 9.57. The summed E-state index contributed by atoms with van der Waals surface area (Å²) < 4.78 is 5.63. The Kier molecular flexibility index (Phi) is 4.33. The summed E-state index contributed by atoms with van der Waals surface area (Å²) in [5, 5.41) is 9.57. The molecule has 1 rings (SSSR count). The van der Waals surface area contributed by atoms with Crippen molar-refractivity contribution in [1.82, 2.24) is 0 Å². The SMILES string of the molecule is C[C@H](N)c1ccccc1OCCC(C)(C)O. The molecule has 0 bridgehead atoms. The number of para-hydroxylation sites is 1. The molecule has 0 saturated heterocycles. The monoisotopic (exact) mass is 223 g/mol. The smallest absolute Gasteiger partial charge is 0.124 e. The van der Waals surface area contributed by atoms with Crippen molar-refractivity contribution in [3.05, 3.63) is 29.8 Å². The molecule has 0 heterocycles. The van der Waals surface area contributed by atoms with Crippen LogP contribution in [-0.4, -0.2) is 17.3 Å². The average molecular weight is 223 g/mol. The van der Waals surface area contributed by atoms with Gasteiger partial charge in [0.2, 0.25) is 0 Å². The van der Waals surface area contributed by atoms with Gasteiger partial charge in [0.05, 0.1) is 12.2 Å². The maximum absolute atomic E-state index is 9.57. The second-order valence-corrected chi connectivity index (χ2v) is 4.74. The fourth-order valence-electron chi connectivity index (χ4n) is 1.40. The second kappa shape index (κ2) is 5.32. The van der Waals surface area contributed by atoms with Crippen LogP contribution in [0.2, 0.25) is 0 Å². The molecule has 0 fully saturated rings. The largest absolute Gasteiger partial charge is 0.493 e. The summed E-state index contributed by atoms with van der Waals surface area (Å²) in [6.07, 6.45) is 0.598. The number of aliphatic hydroxyl groups is 1. The third kappa shape index (κ3) is 4.21. The van der Waals surface area contributed by atoms with E-state index >= 15 is 0 Å². The van der Waals surface area contributed by atoms with E-state index in [0.29, 0.717) is 13.0 Å². The molecule has 0 saturated carbocycles. The molecule has 3 heteroatoms. The van der Waals surface area contributed by atoms with Gasteiger partial charge < -0.3 is 15.6 Å². The van der Waals surface area contributed by atoms with Crippen molar-refractivity contribution in [2.75, 3.05) is 6.61 Å². The van der Waals surface area contributed by atoms with Gasteiger partial charge in [-0.1, -0.05) is 18.2 Å². The highest BCUT2D eigenvalue weighted by Gasteiger charge is 2.13. The zero-order chi connectivity index (χ0) is 12.2. The van der Waals surface area contributed by atoms with Crippen LogP contribution in [-0.2, 0) is 0 Å². The van der Waals surface area contributed by atoms with Crippen molar-refractivity contribution < 1.29 is 9.84 Å². The number of hydrogen-bond acceptors (Lipinski definition) is 3. The molecular formula is C13H21NO2. The third-order valence-corrected chi connectivity index (χ3v) is 2.38. The Labute approximate surface area is 97.2 Å². The van der Waals surface area contributed by atoms with Crippen LogP contribution in [0.15, 0.2) is 24.3 Å². The predicted octanol–water partition coefficient (Wildman–Crippen LogP) is 2.25. The van der Waals surface area contributed by atoms with Crippen LogP contribution in [0.25, 0.3) is 0 Å². The standard InChI is InChI=1S/C13H21NO2/c1-10(14)11-6-4-5-7-12(11)16-9-8-13(2,3)15/h4-7,10,15H,8-9,14H2,1-3H3/t10-/m0/s1. The van der Waals surface area contributed by atoms with Gasteiger partial charge in [0.1, 0.15) is 5.75 Å². The molecule has 0 aromatic heterocycles. The van der Waals surface area contributed by atoms with E-state index in [2.05, 4.69) is 0 Å². The summed E-state index contributed by atoms with van der Waals surface area (Å²) in [6, 6.07) is 7.69. The lowest BCUT2D eigenvalue weighted by Crippen LogP contribution is -2.22. The van der Waals surface area contributed by atoms with Crippen LogP contribution in [0.1, 0.15) is 38.8 Å². The summed E-state index contributed by atoms with van der Waals surface area (Å²) in [4.78, 5) is 0. The van der Waals surface area contributed by atoms with E-state index in [1.165, 1.54) is 0 Å². The zero-order valence-corrected chi connectivity index (χ0v) is 10.2. The third-order valence-electron chi connectivity index (χ3n) is 2.38. The van der Waals surface area contributed by atoms with Gasteiger partial charge in [-0.05, 0) is 26.8 Å². The number of nitrogens with two attached hydrogens (primary N) is 1. The Morgan fingerprint density at radius 2 is 2.00 bits per heavy atom. The molecule has 16 heavy (non-hydrogen) atoms. The van der Waals surface area contributed by atoms with Gasteiger partial charge in [0.15, 0.2) is 0 Å². The van der Waals surface area contributed by atoms with Crippen molar-refractivity contribution in [2.24, 2.45) is 5.73 Å². The van der Waals surface area contributed by atoms with Gasteiger partial charge in [-0.15, -0.1) is 0 Å². The lowest BCUT2D eigenvalue weighted by atomic mass is 10.1. The molecule has 1 aromatic rings. The first kappa shape index (κ1) is 13.0. The van der Waals surface area contributed by atoms with Crippen LogP contribution in [0, 0.1) is 0 Å². The molecule has 0 amide bonds. The second-order valence-electron chi connectivity index (χ2n) is 4.74. The fourth-order valence-corrected chi connectivity index (χ4v) is 1.40. The Morgan fingerprint density at radius 1 is 1.38 bits per heavy atom. The lowest BCUT2D eigenvalue weighted by molar-refractivity contribution is 0.0552. The highest BCUT2D eigenvalue weighted by Crippen LogP contribution is 2.23. The molecule has 0 aliphatic rings. The van der Waals surface area contributed by atoms with Crippen molar-refractivity contribution in [3.63, 3.8) is 0 Å². The topological polar surface area (TPSA) is 55.5 Å². The molecule has 0 spiro atoms. The first-order valence-electron chi connectivity index (χ1n) is 5.60. The van der Waals surface area contributed by atoms with Crippen LogP contribution in [0.5, 0.6) is 5.75 Å². The molecule has 0 unspecified atom stereocenters. The Balaban J connectivity index is 2.60. The first-order valence-corrected chi connectivity index (χ1v) is 5.60. The summed E-state index contributed by atoms with van der Waals surface area (Å²) in [7, 11) is 0. The predicted molar refractivity (Wildman–Crippen MR) is 65.5 cm³/mol. The quantitative estimate of drug-likeness (QED) is 0.805. The summed E-state index contributed by atoms with van der Waals surface area (Å²) in [5.74, 6) is 0.807. The minimum absolute atomic E-state index is 0.0432. The van der Waals surface area contributed by atoms with Crippen LogP contribution in [0.4, 0.5) is 0 Å². The number of benzene rings is 1. The van der Waals surface area contributed by atoms with Gasteiger partial charge >= 0.3 is 0 Å². The number of hydrogen-bond donors (Lipinski definition) is 2. The highest BCUT2D eigenvalue weighted by atomic mass is 16.5. The Morgan fingerprint density at radius 3 is 2.56 bits per heavy atom.